The summed E-state index contributed by atoms with van der Waals surface area (Å²) in [5.41, 5.74) is 0.175. The first-order valence-electron chi connectivity index (χ1n) is 7.18. The lowest BCUT2D eigenvalue weighted by atomic mass is 10.1. The highest BCUT2D eigenvalue weighted by atomic mass is 19.4. The van der Waals surface area contributed by atoms with E-state index in [-0.39, 0.29) is 22.6 Å². The molecule has 0 saturated carbocycles. The average Bonchev–Trinajstić information content (AvgIpc) is 3.08. The topological polar surface area (TPSA) is 62.7 Å². The quantitative estimate of drug-likeness (QED) is 0.813. The molecule has 0 aliphatic carbocycles. The Labute approximate surface area is 143 Å². The van der Waals surface area contributed by atoms with Gasteiger partial charge < -0.3 is 15.5 Å². The van der Waals surface area contributed by atoms with Crippen LogP contribution in [0.4, 0.5) is 27.6 Å². The molecule has 1 aliphatic heterocycles. The molecule has 0 radical (unpaired) electrons. The number of hydrogen-bond donors (Lipinski definition) is 2. The molecule has 136 valence electrons. The van der Waals surface area contributed by atoms with Crippen LogP contribution in [0.5, 0.6) is 0 Å². The maximum Gasteiger partial charge on any atom is 0.448 e. The van der Waals surface area contributed by atoms with Crippen molar-refractivity contribution < 1.29 is 31.6 Å². The Balaban J connectivity index is 1.69. The molecule has 1 atom stereocenters. The van der Waals surface area contributed by atoms with E-state index in [0.29, 0.717) is 6.07 Å². The Morgan fingerprint density at radius 3 is 2.38 bits per heavy atom. The van der Waals surface area contributed by atoms with Crippen LogP contribution in [0.25, 0.3) is 0 Å². The second-order valence-electron chi connectivity index (χ2n) is 5.27. The standard InChI is InChI=1S/C16H10F5N3O2/c17-10-5-6-12(11(18)7-10)22-14(25)9-3-1-8(2-4-9)13-23-15(26-24-13)16(19,20)21/h1-7,15H,(H,22,25)(H,23,24). The lowest BCUT2D eigenvalue weighted by molar-refractivity contribution is -0.218. The van der Waals surface area contributed by atoms with Crippen LogP contribution in [0, 0.1) is 11.6 Å². The van der Waals surface area contributed by atoms with Gasteiger partial charge in [0.05, 0.1) is 5.69 Å². The molecule has 0 spiro atoms. The van der Waals surface area contributed by atoms with Crippen molar-refractivity contribution in [3.63, 3.8) is 0 Å². The number of benzene rings is 2. The smallest absolute Gasteiger partial charge is 0.359 e. The number of hydrogen-bond acceptors (Lipinski definition) is 4. The summed E-state index contributed by atoms with van der Waals surface area (Å²) in [5.74, 6) is -2.53. The van der Waals surface area contributed by atoms with Gasteiger partial charge in [-0.3, -0.25) is 4.79 Å². The number of anilines is 1. The number of nitrogens with zero attached hydrogens (tertiary/aromatic N) is 1. The summed E-state index contributed by atoms with van der Waals surface area (Å²) in [4.78, 5) is 16.3. The monoisotopic (exact) mass is 371 g/mol. The van der Waals surface area contributed by atoms with Gasteiger partial charge in [0.2, 0.25) is 0 Å². The van der Waals surface area contributed by atoms with Gasteiger partial charge in [0.25, 0.3) is 12.1 Å². The second-order valence-corrected chi connectivity index (χ2v) is 5.27. The number of amides is 1. The molecule has 1 aliphatic rings. The largest absolute Gasteiger partial charge is 0.448 e. The van der Waals surface area contributed by atoms with Gasteiger partial charge in [-0.15, -0.1) is 0 Å². The third-order valence-corrected chi connectivity index (χ3v) is 3.41. The van der Waals surface area contributed by atoms with Gasteiger partial charge >= 0.3 is 6.18 Å². The van der Waals surface area contributed by atoms with Gasteiger partial charge in [-0.1, -0.05) is 17.3 Å². The number of amidine groups is 1. The summed E-state index contributed by atoms with van der Waals surface area (Å²) in [5, 5.41) is 7.65. The lowest BCUT2D eigenvalue weighted by Gasteiger charge is -2.13. The van der Waals surface area contributed by atoms with Crippen LogP contribution in [0.1, 0.15) is 15.9 Å². The molecule has 0 saturated heterocycles. The minimum atomic E-state index is -4.62. The van der Waals surface area contributed by atoms with Crippen LogP contribution in [0.2, 0.25) is 0 Å². The number of carbonyl (C=O) groups is 1. The van der Waals surface area contributed by atoms with Crippen molar-refractivity contribution in [2.75, 3.05) is 5.32 Å². The van der Waals surface area contributed by atoms with Gasteiger partial charge in [-0.2, -0.15) is 13.2 Å². The van der Waals surface area contributed by atoms with Crippen LogP contribution in [-0.2, 0) is 4.84 Å². The fourth-order valence-electron chi connectivity index (χ4n) is 2.12. The highest BCUT2D eigenvalue weighted by molar-refractivity contribution is 6.05. The van der Waals surface area contributed by atoms with Crippen molar-refractivity contribution >= 4 is 17.4 Å². The zero-order valence-corrected chi connectivity index (χ0v) is 12.8. The minimum Gasteiger partial charge on any atom is -0.359 e. The number of rotatable bonds is 3. The Hall–Kier alpha value is -3.17. The SMILES string of the molecule is O=C(Nc1ccc(F)cc1F)c1ccc(C2=NOC(C(F)(F)F)N2)cc1. The molecule has 1 unspecified atom stereocenters. The highest BCUT2D eigenvalue weighted by Gasteiger charge is 2.45. The molecule has 2 aromatic carbocycles. The Bertz CT molecular complexity index is 865. The van der Waals surface area contributed by atoms with Crippen LogP contribution < -0.4 is 10.6 Å². The number of halogens is 5. The Kier molecular flexibility index (Phi) is 4.49. The molecule has 0 aromatic heterocycles. The molecule has 2 N–H and O–H groups in total. The number of oxime groups is 1. The fourth-order valence-corrected chi connectivity index (χ4v) is 2.12. The maximum absolute atomic E-state index is 13.5. The van der Waals surface area contributed by atoms with Crippen molar-refractivity contribution in [2.45, 2.75) is 12.4 Å². The van der Waals surface area contributed by atoms with Gasteiger partial charge in [0.15, 0.2) is 5.84 Å². The van der Waals surface area contributed by atoms with E-state index in [1.165, 1.54) is 24.3 Å². The predicted molar refractivity (Wildman–Crippen MR) is 81.4 cm³/mol. The van der Waals surface area contributed by atoms with Crippen LogP contribution in [0.3, 0.4) is 0 Å². The van der Waals surface area contributed by atoms with E-state index in [9.17, 15) is 26.7 Å². The van der Waals surface area contributed by atoms with Crippen molar-refractivity contribution in [2.24, 2.45) is 5.16 Å². The molecular weight excluding hydrogens is 361 g/mol. The first kappa shape index (κ1) is 17.6. The average molecular weight is 371 g/mol. The summed E-state index contributed by atoms with van der Waals surface area (Å²) in [6.45, 7) is 0. The number of alkyl halides is 3. The van der Waals surface area contributed by atoms with E-state index in [4.69, 9.17) is 0 Å². The summed E-state index contributed by atoms with van der Waals surface area (Å²) in [6.07, 6.45) is -6.86. The Morgan fingerprint density at radius 2 is 1.81 bits per heavy atom. The first-order valence-corrected chi connectivity index (χ1v) is 7.18. The van der Waals surface area contributed by atoms with Gasteiger partial charge in [0, 0.05) is 17.2 Å². The molecule has 3 rings (SSSR count). The molecule has 10 heteroatoms. The van der Waals surface area contributed by atoms with Gasteiger partial charge in [0.1, 0.15) is 11.6 Å². The van der Waals surface area contributed by atoms with E-state index in [0.717, 1.165) is 12.1 Å². The Morgan fingerprint density at radius 1 is 1.12 bits per heavy atom. The molecule has 1 heterocycles. The predicted octanol–water partition coefficient (Wildman–Crippen LogP) is 3.39. The van der Waals surface area contributed by atoms with E-state index in [1.807, 2.05) is 0 Å². The lowest BCUT2D eigenvalue weighted by Crippen LogP contribution is -2.41. The summed E-state index contributed by atoms with van der Waals surface area (Å²) in [7, 11) is 0. The zero-order valence-electron chi connectivity index (χ0n) is 12.8. The summed E-state index contributed by atoms with van der Waals surface area (Å²) in [6, 6.07) is 8.02. The second kappa shape index (κ2) is 6.62. The summed E-state index contributed by atoms with van der Waals surface area (Å²) >= 11 is 0. The van der Waals surface area contributed by atoms with Crippen LogP contribution in [-0.4, -0.2) is 24.1 Å². The van der Waals surface area contributed by atoms with Crippen molar-refractivity contribution in [1.82, 2.24) is 5.32 Å². The number of nitrogens with one attached hydrogen (secondary N) is 2. The van der Waals surface area contributed by atoms with E-state index >= 15 is 0 Å². The van der Waals surface area contributed by atoms with Crippen molar-refractivity contribution in [1.29, 1.82) is 0 Å². The first-order chi connectivity index (χ1) is 12.2. The van der Waals surface area contributed by atoms with Crippen molar-refractivity contribution in [3.05, 3.63) is 65.2 Å². The molecule has 26 heavy (non-hydrogen) atoms. The maximum atomic E-state index is 13.5. The molecule has 0 fully saturated rings. The zero-order chi connectivity index (χ0) is 18.9. The van der Waals surface area contributed by atoms with Crippen LogP contribution in [0.15, 0.2) is 47.6 Å². The van der Waals surface area contributed by atoms with Crippen molar-refractivity contribution in [3.8, 4) is 0 Å². The van der Waals surface area contributed by atoms with E-state index in [1.54, 1.807) is 0 Å². The van der Waals surface area contributed by atoms with E-state index in [2.05, 4.69) is 20.6 Å². The molecule has 2 aromatic rings. The van der Waals surface area contributed by atoms with Crippen LogP contribution >= 0.6 is 0 Å². The number of carbonyl (C=O) groups excluding carboxylic acids is 1. The summed E-state index contributed by atoms with van der Waals surface area (Å²) < 4.78 is 63.9. The molecule has 5 nitrogen and oxygen atoms in total. The third kappa shape index (κ3) is 3.73. The molecule has 0 bridgehead atoms. The molecule has 1 amide bonds. The van der Waals surface area contributed by atoms with Gasteiger partial charge in [-0.05, 0) is 24.3 Å². The minimum absolute atomic E-state index is 0.115. The van der Waals surface area contributed by atoms with E-state index < -0.39 is 29.9 Å². The fraction of sp³-hybridized carbons (Fsp3) is 0.125. The van der Waals surface area contributed by atoms with Gasteiger partial charge in [-0.25, -0.2) is 8.78 Å². The molecular formula is C16H10F5N3O2. The normalized spacial score (nSPS) is 16.5. The highest BCUT2D eigenvalue weighted by Crippen LogP contribution is 2.24. The third-order valence-electron chi connectivity index (χ3n) is 3.41.